The number of nitrogens with one attached hydrogen (secondary N) is 1. The zero-order valence-electron chi connectivity index (χ0n) is 16.0. The van der Waals surface area contributed by atoms with Gasteiger partial charge in [0.25, 0.3) is 0 Å². The summed E-state index contributed by atoms with van der Waals surface area (Å²) in [6, 6.07) is 7.87. The number of rotatable bonds is 7. The number of amides is 1. The molecule has 0 atom stereocenters. The molecule has 3 rings (SSSR count). The van der Waals surface area contributed by atoms with Gasteiger partial charge in [0.15, 0.2) is 0 Å². The Morgan fingerprint density at radius 1 is 1.22 bits per heavy atom. The van der Waals surface area contributed by atoms with E-state index in [0.717, 1.165) is 32.4 Å². The Morgan fingerprint density at radius 2 is 2.04 bits per heavy atom. The van der Waals surface area contributed by atoms with Gasteiger partial charge in [-0.3, -0.25) is 4.79 Å². The molecule has 2 aromatic heterocycles. The maximum Gasteiger partial charge on any atom is 0.230 e. The van der Waals surface area contributed by atoms with Gasteiger partial charge in [0.05, 0.1) is 12.3 Å². The van der Waals surface area contributed by atoms with E-state index in [1.807, 2.05) is 38.1 Å². The molecule has 0 aliphatic carbocycles. The molecule has 2 heterocycles. The normalized spacial score (nSPS) is 11.0. The molecule has 0 aliphatic rings. The second-order valence-corrected chi connectivity index (χ2v) is 8.51. The van der Waals surface area contributed by atoms with E-state index in [4.69, 9.17) is 4.74 Å². The Morgan fingerprint density at radius 3 is 2.81 bits per heavy atom. The monoisotopic (exact) mass is 401 g/mol. The lowest BCUT2D eigenvalue weighted by atomic mass is 10.2. The van der Waals surface area contributed by atoms with Gasteiger partial charge >= 0.3 is 0 Å². The average molecular weight is 402 g/mol. The lowest BCUT2D eigenvalue weighted by Gasteiger charge is -2.09. The van der Waals surface area contributed by atoms with Crippen LogP contribution in [0.4, 0.5) is 0 Å². The van der Waals surface area contributed by atoms with Gasteiger partial charge in [0.2, 0.25) is 5.91 Å². The van der Waals surface area contributed by atoms with Crippen LogP contribution in [0, 0.1) is 27.7 Å². The Kier molecular flexibility index (Phi) is 6.34. The SMILES string of the molecule is Cc1cccc(OCCNC(=O)CSc2nc(C)nc3sc(C)c(C)c23)c1. The molecule has 0 saturated heterocycles. The number of thioether (sulfide) groups is 1. The molecule has 27 heavy (non-hydrogen) atoms. The highest BCUT2D eigenvalue weighted by Crippen LogP contribution is 2.34. The fraction of sp³-hybridized carbons (Fsp3) is 0.350. The first kappa shape index (κ1) is 19.6. The number of hydrogen-bond donors (Lipinski definition) is 1. The molecule has 0 fully saturated rings. The van der Waals surface area contributed by atoms with Gasteiger partial charge in [-0.1, -0.05) is 23.9 Å². The maximum atomic E-state index is 12.2. The minimum absolute atomic E-state index is 0.0261. The van der Waals surface area contributed by atoms with Gasteiger partial charge in [-0.2, -0.15) is 0 Å². The van der Waals surface area contributed by atoms with Crippen LogP contribution < -0.4 is 10.1 Å². The summed E-state index contributed by atoms with van der Waals surface area (Å²) in [6.45, 7) is 9.00. The zero-order chi connectivity index (χ0) is 19.4. The largest absolute Gasteiger partial charge is 0.492 e. The van der Waals surface area contributed by atoms with Crippen molar-refractivity contribution in [2.24, 2.45) is 0 Å². The Labute approximate surface area is 167 Å². The van der Waals surface area contributed by atoms with Crippen LogP contribution >= 0.6 is 23.1 Å². The van der Waals surface area contributed by atoms with Crippen LogP contribution in [-0.2, 0) is 4.79 Å². The fourth-order valence-corrected chi connectivity index (χ4v) is 4.77. The molecule has 1 aromatic carbocycles. The van der Waals surface area contributed by atoms with Gasteiger partial charge in [-0.15, -0.1) is 11.3 Å². The summed E-state index contributed by atoms with van der Waals surface area (Å²) in [5.74, 6) is 1.85. The second kappa shape index (κ2) is 8.71. The molecule has 0 radical (unpaired) electrons. The highest BCUT2D eigenvalue weighted by atomic mass is 32.2. The van der Waals surface area contributed by atoms with Crippen LogP contribution in [0.15, 0.2) is 29.3 Å². The Hall–Kier alpha value is -2.12. The van der Waals surface area contributed by atoms with E-state index >= 15 is 0 Å². The van der Waals surface area contributed by atoms with Crippen molar-refractivity contribution in [3.05, 3.63) is 46.1 Å². The predicted molar refractivity (Wildman–Crippen MR) is 112 cm³/mol. The quantitative estimate of drug-likeness (QED) is 0.365. The van der Waals surface area contributed by atoms with Crippen molar-refractivity contribution in [2.45, 2.75) is 32.7 Å². The van der Waals surface area contributed by atoms with Gasteiger partial charge in [0, 0.05) is 10.3 Å². The van der Waals surface area contributed by atoms with E-state index in [1.165, 1.54) is 22.2 Å². The number of benzene rings is 1. The molecule has 0 unspecified atom stereocenters. The summed E-state index contributed by atoms with van der Waals surface area (Å²) in [5.41, 5.74) is 2.35. The van der Waals surface area contributed by atoms with Crippen molar-refractivity contribution < 1.29 is 9.53 Å². The summed E-state index contributed by atoms with van der Waals surface area (Å²) in [6.07, 6.45) is 0. The van der Waals surface area contributed by atoms with E-state index < -0.39 is 0 Å². The van der Waals surface area contributed by atoms with E-state index in [2.05, 4.69) is 29.1 Å². The fourth-order valence-electron chi connectivity index (χ4n) is 2.67. The first-order valence-electron chi connectivity index (χ1n) is 8.77. The molecule has 7 heteroatoms. The lowest BCUT2D eigenvalue weighted by Crippen LogP contribution is -2.29. The van der Waals surface area contributed by atoms with E-state index in [1.54, 1.807) is 11.3 Å². The molecule has 0 aliphatic heterocycles. The van der Waals surface area contributed by atoms with Gasteiger partial charge < -0.3 is 10.1 Å². The van der Waals surface area contributed by atoms with Gasteiger partial charge in [0.1, 0.15) is 28.0 Å². The summed E-state index contributed by atoms with van der Waals surface area (Å²) < 4.78 is 5.65. The number of thiophene rings is 1. The smallest absolute Gasteiger partial charge is 0.230 e. The first-order valence-corrected chi connectivity index (χ1v) is 10.6. The van der Waals surface area contributed by atoms with Crippen LogP contribution in [-0.4, -0.2) is 34.8 Å². The van der Waals surface area contributed by atoms with Crippen LogP contribution in [0.3, 0.4) is 0 Å². The third kappa shape index (κ3) is 4.99. The topological polar surface area (TPSA) is 64.1 Å². The highest BCUT2D eigenvalue weighted by Gasteiger charge is 2.15. The number of aryl methyl sites for hydroxylation is 4. The molecule has 0 bridgehead atoms. The minimum Gasteiger partial charge on any atom is -0.492 e. The standard InChI is InChI=1S/C20H23N3O2S2/c1-12-6-5-7-16(10-12)25-9-8-21-17(24)11-26-19-18-13(2)14(3)27-20(18)23-15(4)22-19/h5-7,10H,8-9,11H2,1-4H3,(H,21,24). The molecule has 3 aromatic rings. The number of ether oxygens (including phenoxy) is 1. The predicted octanol–water partition coefficient (Wildman–Crippen LogP) is 4.21. The van der Waals surface area contributed by atoms with Gasteiger partial charge in [-0.25, -0.2) is 9.97 Å². The molecule has 0 spiro atoms. The van der Waals surface area contributed by atoms with Crippen LogP contribution in [0.5, 0.6) is 5.75 Å². The summed E-state index contributed by atoms with van der Waals surface area (Å²) in [4.78, 5) is 23.5. The number of hydrogen-bond acceptors (Lipinski definition) is 6. The first-order chi connectivity index (χ1) is 12.9. The summed E-state index contributed by atoms with van der Waals surface area (Å²) in [5, 5.41) is 4.85. The number of carbonyl (C=O) groups is 1. The van der Waals surface area contributed by atoms with Crippen LogP contribution in [0.25, 0.3) is 10.2 Å². The van der Waals surface area contributed by atoms with Gasteiger partial charge in [-0.05, 0) is 51.0 Å². The zero-order valence-corrected chi connectivity index (χ0v) is 17.6. The van der Waals surface area contributed by atoms with Crippen LogP contribution in [0.2, 0.25) is 0 Å². The van der Waals surface area contributed by atoms with Crippen molar-refractivity contribution in [2.75, 3.05) is 18.9 Å². The van der Waals surface area contributed by atoms with Crippen molar-refractivity contribution in [3.8, 4) is 5.75 Å². The van der Waals surface area contributed by atoms with E-state index in [9.17, 15) is 4.79 Å². The summed E-state index contributed by atoms with van der Waals surface area (Å²) in [7, 11) is 0. The number of aromatic nitrogens is 2. The Balaban J connectivity index is 1.51. The summed E-state index contributed by atoms with van der Waals surface area (Å²) >= 11 is 3.13. The second-order valence-electron chi connectivity index (χ2n) is 6.34. The van der Waals surface area contributed by atoms with Crippen molar-refractivity contribution >= 4 is 39.2 Å². The number of fused-ring (bicyclic) bond motifs is 1. The van der Waals surface area contributed by atoms with Crippen molar-refractivity contribution in [3.63, 3.8) is 0 Å². The molecule has 1 N–H and O–H groups in total. The van der Waals surface area contributed by atoms with Crippen molar-refractivity contribution in [1.29, 1.82) is 0 Å². The third-order valence-electron chi connectivity index (χ3n) is 4.13. The minimum atomic E-state index is -0.0261. The molecule has 0 saturated carbocycles. The van der Waals surface area contributed by atoms with E-state index in [-0.39, 0.29) is 5.91 Å². The molecular weight excluding hydrogens is 378 g/mol. The molecular formula is C20H23N3O2S2. The Bertz CT molecular complexity index is 969. The highest BCUT2D eigenvalue weighted by molar-refractivity contribution is 8.00. The number of carbonyl (C=O) groups excluding carboxylic acids is 1. The molecule has 5 nitrogen and oxygen atoms in total. The van der Waals surface area contributed by atoms with Crippen molar-refractivity contribution in [1.82, 2.24) is 15.3 Å². The maximum absolute atomic E-state index is 12.2. The van der Waals surface area contributed by atoms with E-state index in [0.29, 0.717) is 18.9 Å². The average Bonchev–Trinajstić information content (AvgIpc) is 2.90. The lowest BCUT2D eigenvalue weighted by molar-refractivity contribution is -0.118. The third-order valence-corrected chi connectivity index (χ3v) is 6.21. The molecule has 1 amide bonds. The molecule has 142 valence electrons. The number of nitrogens with zero attached hydrogens (tertiary/aromatic N) is 2. The van der Waals surface area contributed by atoms with Crippen LogP contribution in [0.1, 0.15) is 21.8 Å².